The fraction of sp³-hybridized carbons (Fsp3) is 0.900. The van der Waals surface area contributed by atoms with E-state index in [9.17, 15) is 4.79 Å². The average Bonchev–Trinajstić information content (AvgIpc) is 2.53. The Morgan fingerprint density at radius 3 is 3.07 bits per heavy atom. The van der Waals surface area contributed by atoms with E-state index >= 15 is 0 Å². The van der Waals surface area contributed by atoms with E-state index in [2.05, 4.69) is 0 Å². The van der Waals surface area contributed by atoms with Crippen LogP contribution in [0.2, 0.25) is 0 Å². The Balaban J connectivity index is 2.35. The van der Waals surface area contributed by atoms with E-state index in [1.165, 1.54) is 0 Å². The first-order valence-corrected chi connectivity index (χ1v) is 6.76. The normalized spacial score (nSPS) is 19.7. The van der Waals surface area contributed by atoms with Gasteiger partial charge in [0.2, 0.25) is 5.91 Å². The van der Waals surface area contributed by atoms with Crippen LogP contribution in [0, 0.1) is 0 Å². The van der Waals surface area contributed by atoms with Gasteiger partial charge in [-0.3, -0.25) is 4.79 Å². The zero-order valence-corrected chi connectivity index (χ0v) is 10.1. The molecule has 0 spiro atoms. The van der Waals surface area contributed by atoms with Crippen molar-refractivity contribution in [3.8, 4) is 0 Å². The van der Waals surface area contributed by atoms with E-state index < -0.39 is 0 Å². The maximum absolute atomic E-state index is 11.9. The molecule has 1 atom stereocenters. The summed E-state index contributed by atoms with van der Waals surface area (Å²) in [6, 6.07) is -0.337. The molecule has 0 radical (unpaired) electrons. The highest BCUT2D eigenvalue weighted by Gasteiger charge is 2.21. The number of amides is 1. The molecule has 0 bridgehead atoms. The van der Waals surface area contributed by atoms with Gasteiger partial charge < -0.3 is 15.4 Å². The number of nitrogens with two attached hydrogens (primary N) is 1. The van der Waals surface area contributed by atoms with Crippen molar-refractivity contribution < 1.29 is 9.53 Å². The molecule has 0 unspecified atom stereocenters. The minimum atomic E-state index is -0.337. The maximum Gasteiger partial charge on any atom is 0.239 e. The van der Waals surface area contributed by atoms with Gasteiger partial charge in [0.25, 0.3) is 0 Å². The van der Waals surface area contributed by atoms with Crippen LogP contribution in [0.3, 0.4) is 0 Å². The van der Waals surface area contributed by atoms with Gasteiger partial charge in [0, 0.05) is 19.7 Å². The van der Waals surface area contributed by atoms with E-state index in [0.29, 0.717) is 13.2 Å². The van der Waals surface area contributed by atoms with Crippen molar-refractivity contribution in [2.75, 3.05) is 38.3 Å². The lowest BCUT2D eigenvalue weighted by Gasteiger charge is -2.23. The minimum Gasteiger partial charge on any atom is -0.380 e. The van der Waals surface area contributed by atoms with E-state index in [-0.39, 0.29) is 11.9 Å². The second-order valence-corrected chi connectivity index (χ2v) is 4.66. The Morgan fingerprint density at radius 1 is 1.53 bits per heavy atom. The lowest BCUT2D eigenvalue weighted by Crippen LogP contribution is -2.45. The van der Waals surface area contributed by atoms with Crippen molar-refractivity contribution in [2.45, 2.75) is 18.9 Å². The quantitative estimate of drug-likeness (QED) is 0.758. The molecule has 1 aliphatic rings. The van der Waals surface area contributed by atoms with Crippen molar-refractivity contribution in [2.24, 2.45) is 5.73 Å². The molecule has 1 amide bonds. The SMILES string of the molecule is CSCC[C@H](N)C(=O)N1CCCOCC1. The zero-order chi connectivity index (χ0) is 11.1. The molecular weight excluding hydrogens is 212 g/mol. The summed E-state index contributed by atoms with van der Waals surface area (Å²) in [6.07, 6.45) is 3.70. The van der Waals surface area contributed by atoms with Crippen LogP contribution in [-0.4, -0.2) is 55.2 Å². The molecule has 1 saturated heterocycles. The lowest BCUT2D eigenvalue weighted by molar-refractivity contribution is -0.132. The van der Waals surface area contributed by atoms with Gasteiger partial charge in [0.15, 0.2) is 0 Å². The van der Waals surface area contributed by atoms with Crippen molar-refractivity contribution in [1.29, 1.82) is 0 Å². The van der Waals surface area contributed by atoms with Gasteiger partial charge in [0.05, 0.1) is 12.6 Å². The average molecular weight is 232 g/mol. The van der Waals surface area contributed by atoms with Gasteiger partial charge >= 0.3 is 0 Å². The van der Waals surface area contributed by atoms with Gasteiger partial charge in [-0.25, -0.2) is 0 Å². The first kappa shape index (κ1) is 12.8. The fourth-order valence-electron chi connectivity index (χ4n) is 1.57. The number of hydrogen-bond donors (Lipinski definition) is 1. The molecule has 1 heterocycles. The van der Waals surface area contributed by atoms with Crippen LogP contribution in [-0.2, 0) is 9.53 Å². The number of rotatable bonds is 4. The molecule has 1 rings (SSSR count). The van der Waals surface area contributed by atoms with E-state index in [1.807, 2.05) is 11.2 Å². The molecule has 1 aliphatic heterocycles. The third-order valence-corrected chi connectivity index (χ3v) is 3.13. The van der Waals surface area contributed by atoms with E-state index in [0.717, 1.165) is 31.7 Å². The van der Waals surface area contributed by atoms with Crippen LogP contribution in [0.15, 0.2) is 0 Å². The van der Waals surface area contributed by atoms with Crippen molar-refractivity contribution >= 4 is 17.7 Å². The molecule has 4 nitrogen and oxygen atoms in total. The molecule has 0 aliphatic carbocycles. The Hall–Kier alpha value is -0.260. The first-order chi connectivity index (χ1) is 7.25. The summed E-state index contributed by atoms with van der Waals surface area (Å²) in [6.45, 7) is 2.86. The van der Waals surface area contributed by atoms with Crippen LogP contribution in [0.4, 0.5) is 0 Å². The molecule has 0 saturated carbocycles. The van der Waals surface area contributed by atoms with Crippen molar-refractivity contribution in [3.63, 3.8) is 0 Å². The van der Waals surface area contributed by atoms with Crippen LogP contribution in [0.5, 0.6) is 0 Å². The summed E-state index contributed by atoms with van der Waals surface area (Å²) in [5, 5.41) is 0. The summed E-state index contributed by atoms with van der Waals surface area (Å²) in [5.74, 6) is 1.02. The molecule has 2 N–H and O–H groups in total. The summed E-state index contributed by atoms with van der Waals surface area (Å²) in [5.41, 5.74) is 5.84. The predicted octanol–water partition coefficient (Wildman–Crippen LogP) is 0.316. The van der Waals surface area contributed by atoms with Crippen LogP contribution >= 0.6 is 11.8 Å². The summed E-state index contributed by atoms with van der Waals surface area (Å²) in [7, 11) is 0. The number of carbonyl (C=O) groups is 1. The molecule has 0 aromatic carbocycles. The highest BCUT2D eigenvalue weighted by molar-refractivity contribution is 7.98. The van der Waals surface area contributed by atoms with Crippen LogP contribution in [0.1, 0.15) is 12.8 Å². The predicted molar refractivity (Wildman–Crippen MR) is 63.0 cm³/mol. The van der Waals surface area contributed by atoms with Gasteiger partial charge in [-0.1, -0.05) is 0 Å². The summed E-state index contributed by atoms with van der Waals surface area (Å²) >= 11 is 1.72. The molecule has 0 aromatic heterocycles. The molecule has 88 valence electrons. The maximum atomic E-state index is 11.9. The second-order valence-electron chi connectivity index (χ2n) is 3.68. The number of nitrogens with zero attached hydrogens (tertiary/aromatic N) is 1. The van der Waals surface area contributed by atoms with Gasteiger partial charge in [-0.05, 0) is 24.9 Å². The molecule has 5 heteroatoms. The number of ether oxygens (including phenoxy) is 1. The second kappa shape index (κ2) is 7.09. The zero-order valence-electron chi connectivity index (χ0n) is 9.28. The molecular formula is C10H20N2O2S. The minimum absolute atomic E-state index is 0.0783. The molecule has 1 fully saturated rings. The molecule has 0 aromatic rings. The lowest BCUT2D eigenvalue weighted by atomic mass is 10.2. The van der Waals surface area contributed by atoms with Crippen LogP contribution in [0.25, 0.3) is 0 Å². The Morgan fingerprint density at radius 2 is 2.33 bits per heavy atom. The number of carbonyl (C=O) groups excluding carboxylic acids is 1. The fourth-order valence-corrected chi connectivity index (χ4v) is 2.06. The highest BCUT2D eigenvalue weighted by atomic mass is 32.2. The van der Waals surface area contributed by atoms with Crippen molar-refractivity contribution in [3.05, 3.63) is 0 Å². The third-order valence-electron chi connectivity index (χ3n) is 2.48. The highest BCUT2D eigenvalue weighted by Crippen LogP contribution is 2.05. The van der Waals surface area contributed by atoms with E-state index in [4.69, 9.17) is 10.5 Å². The largest absolute Gasteiger partial charge is 0.380 e. The Bertz CT molecular complexity index is 194. The Labute approximate surface area is 95.5 Å². The summed E-state index contributed by atoms with van der Waals surface area (Å²) in [4.78, 5) is 13.7. The van der Waals surface area contributed by atoms with Crippen molar-refractivity contribution in [1.82, 2.24) is 4.90 Å². The Kier molecular flexibility index (Phi) is 6.05. The van der Waals surface area contributed by atoms with Gasteiger partial charge in [-0.15, -0.1) is 0 Å². The first-order valence-electron chi connectivity index (χ1n) is 5.36. The topological polar surface area (TPSA) is 55.6 Å². The van der Waals surface area contributed by atoms with Gasteiger partial charge in [0.1, 0.15) is 0 Å². The van der Waals surface area contributed by atoms with Crippen LogP contribution < -0.4 is 5.73 Å². The smallest absolute Gasteiger partial charge is 0.239 e. The van der Waals surface area contributed by atoms with Gasteiger partial charge in [-0.2, -0.15) is 11.8 Å². The monoisotopic (exact) mass is 232 g/mol. The van der Waals surface area contributed by atoms with E-state index in [1.54, 1.807) is 11.8 Å². The standard InChI is InChI=1S/C10H20N2O2S/c1-15-8-3-9(11)10(13)12-4-2-6-14-7-5-12/h9H,2-8,11H2,1H3/t9-/m0/s1. The number of thioether (sulfide) groups is 1. The third kappa shape index (κ3) is 4.40. The summed E-state index contributed by atoms with van der Waals surface area (Å²) < 4.78 is 5.30. The molecule has 15 heavy (non-hydrogen) atoms. The number of hydrogen-bond acceptors (Lipinski definition) is 4.